The lowest BCUT2D eigenvalue weighted by molar-refractivity contribution is 0.635. The van der Waals surface area contributed by atoms with Gasteiger partial charge in [-0.2, -0.15) is 0 Å². The summed E-state index contributed by atoms with van der Waals surface area (Å²) in [6, 6.07) is 1.99. The van der Waals surface area contributed by atoms with E-state index in [1.807, 2.05) is 31.0 Å². The fourth-order valence-corrected chi connectivity index (χ4v) is 2.14. The van der Waals surface area contributed by atoms with Crippen molar-refractivity contribution in [3.8, 4) is 0 Å². The van der Waals surface area contributed by atoms with E-state index in [9.17, 15) is 0 Å². The largest absolute Gasteiger partial charge is 0.360 e. The van der Waals surface area contributed by atoms with E-state index in [-0.39, 0.29) is 0 Å². The molecular formula is C14H19N5. The third-order valence-corrected chi connectivity index (χ3v) is 3.46. The minimum Gasteiger partial charge on any atom is -0.360 e. The molecule has 19 heavy (non-hydrogen) atoms. The second-order valence-corrected chi connectivity index (χ2v) is 5.12. The molecule has 5 nitrogen and oxygen atoms in total. The van der Waals surface area contributed by atoms with Crippen LogP contribution < -0.4 is 4.90 Å². The Hall–Kier alpha value is -1.91. The molecule has 0 N–H and O–H groups in total. The zero-order valence-electron chi connectivity index (χ0n) is 11.2. The van der Waals surface area contributed by atoms with Gasteiger partial charge < -0.3 is 9.47 Å². The lowest BCUT2D eigenvalue weighted by atomic mass is 10.3. The molecule has 0 spiro atoms. The molecule has 0 aromatic carbocycles. The number of hydrogen-bond acceptors (Lipinski definition) is 4. The SMILES string of the molecule is CN(CCCn1ccnc1)c1ccnc(C2CC2)n1. The van der Waals surface area contributed by atoms with Gasteiger partial charge in [0.25, 0.3) is 0 Å². The Kier molecular flexibility index (Phi) is 3.44. The molecule has 5 heteroatoms. The van der Waals surface area contributed by atoms with Crippen LogP contribution in [0.3, 0.4) is 0 Å². The molecule has 1 aliphatic rings. The average molecular weight is 257 g/mol. The normalized spacial score (nSPS) is 14.6. The molecule has 2 aromatic heterocycles. The molecule has 1 aliphatic carbocycles. The van der Waals surface area contributed by atoms with Crippen molar-refractivity contribution < 1.29 is 0 Å². The van der Waals surface area contributed by atoms with Crippen LogP contribution in [0.2, 0.25) is 0 Å². The van der Waals surface area contributed by atoms with Crippen LogP contribution in [0.5, 0.6) is 0 Å². The molecule has 0 amide bonds. The van der Waals surface area contributed by atoms with Crippen LogP contribution in [0.4, 0.5) is 5.82 Å². The van der Waals surface area contributed by atoms with Crippen LogP contribution in [0.25, 0.3) is 0 Å². The molecule has 3 rings (SSSR count). The third-order valence-electron chi connectivity index (χ3n) is 3.46. The van der Waals surface area contributed by atoms with Crippen molar-refractivity contribution in [3.63, 3.8) is 0 Å². The van der Waals surface area contributed by atoms with Crippen LogP contribution >= 0.6 is 0 Å². The summed E-state index contributed by atoms with van der Waals surface area (Å²) in [5.41, 5.74) is 0. The van der Waals surface area contributed by atoms with Gasteiger partial charge in [-0.25, -0.2) is 15.0 Å². The van der Waals surface area contributed by atoms with Gasteiger partial charge in [-0.15, -0.1) is 0 Å². The van der Waals surface area contributed by atoms with Gasteiger partial charge in [0, 0.05) is 44.6 Å². The van der Waals surface area contributed by atoms with Crippen molar-refractivity contribution in [2.45, 2.75) is 31.7 Å². The first-order valence-corrected chi connectivity index (χ1v) is 6.83. The van der Waals surface area contributed by atoms with Gasteiger partial charge in [-0.1, -0.05) is 0 Å². The predicted octanol–water partition coefficient (Wildman–Crippen LogP) is 2.08. The number of rotatable bonds is 6. The summed E-state index contributed by atoms with van der Waals surface area (Å²) in [7, 11) is 2.09. The van der Waals surface area contributed by atoms with Crippen molar-refractivity contribution in [3.05, 3.63) is 36.8 Å². The quantitative estimate of drug-likeness (QED) is 0.795. The standard InChI is InChI=1S/C14H19N5/c1-18(8-2-9-19-10-7-15-11-19)13-5-6-16-14(17-13)12-3-4-12/h5-7,10-12H,2-4,8-9H2,1H3. The van der Waals surface area contributed by atoms with Gasteiger partial charge in [0.15, 0.2) is 0 Å². The molecule has 0 saturated heterocycles. The number of aryl methyl sites for hydroxylation is 1. The molecule has 2 heterocycles. The number of nitrogens with zero attached hydrogens (tertiary/aromatic N) is 5. The second-order valence-electron chi connectivity index (χ2n) is 5.12. The van der Waals surface area contributed by atoms with E-state index in [0.717, 1.165) is 31.2 Å². The monoisotopic (exact) mass is 257 g/mol. The number of anilines is 1. The van der Waals surface area contributed by atoms with Gasteiger partial charge in [0.1, 0.15) is 11.6 Å². The van der Waals surface area contributed by atoms with Gasteiger partial charge in [-0.05, 0) is 25.3 Å². The maximum Gasteiger partial charge on any atom is 0.133 e. The molecular weight excluding hydrogens is 238 g/mol. The third kappa shape index (κ3) is 3.10. The topological polar surface area (TPSA) is 46.8 Å². The number of imidazole rings is 1. The van der Waals surface area contributed by atoms with Crippen LogP contribution in [-0.2, 0) is 6.54 Å². The van der Waals surface area contributed by atoms with Crippen molar-refractivity contribution in [2.75, 3.05) is 18.5 Å². The van der Waals surface area contributed by atoms with Crippen molar-refractivity contribution >= 4 is 5.82 Å². The summed E-state index contributed by atoms with van der Waals surface area (Å²) in [6.07, 6.45) is 11.1. The Morgan fingerprint density at radius 3 is 3.00 bits per heavy atom. The Morgan fingerprint density at radius 2 is 2.26 bits per heavy atom. The fourth-order valence-electron chi connectivity index (χ4n) is 2.14. The fraction of sp³-hybridized carbons (Fsp3) is 0.500. The van der Waals surface area contributed by atoms with Gasteiger partial charge >= 0.3 is 0 Å². The molecule has 1 saturated carbocycles. The molecule has 0 atom stereocenters. The lowest BCUT2D eigenvalue weighted by Gasteiger charge is -2.18. The highest BCUT2D eigenvalue weighted by molar-refractivity contribution is 5.36. The van der Waals surface area contributed by atoms with Crippen LogP contribution in [0, 0.1) is 0 Å². The molecule has 0 unspecified atom stereocenters. The zero-order chi connectivity index (χ0) is 13.1. The van der Waals surface area contributed by atoms with E-state index in [4.69, 9.17) is 0 Å². The molecule has 2 aromatic rings. The van der Waals surface area contributed by atoms with Crippen molar-refractivity contribution in [1.29, 1.82) is 0 Å². The van der Waals surface area contributed by atoms with Gasteiger partial charge in [0.05, 0.1) is 6.33 Å². The summed E-state index contributed by atoms with van der Waals surface area (Å²) in [4.78, 5) is 15.2. The number of aromatic nitrogens is 4. The highest BCUT2D eigenvalue weighted by Gasteiger charge is 2.26. The van der Waals surface area contributed by atoms with Gasteiger partial charge in [0.2, 0.25) is 0 Å². The molecule has 0 bridgehead atoms. The maximum atomic E-state index is 4.65. The first-order chi connectivity index (χ1) is 9.33. The van der Waals surface area contributed by atoms with Crippen LogP contribution in [0.1, 0.15) is 31.0 Å². The van der Waals surface area contributed by atoms with Crippen molar-refractivity contribution in [1.82, 2.24) is 19.5 Å². The Morgan fingerprint density at radius 1 is 1.37 bits per heavy atom. The highest BCUT2D eigenvalue weighted by Crippen LogP contribution is 2.38. The second kappa shape index (κ2) is 5.38. The number of hydrogen-bond donors (Lipinski definition) is 0. The maximum absolute atomic E-state index is 4.65. The minimum atomic E-state index is 0.610. The molecule has 1 fully saturated rings. The summed E-state index contributed by atoms with van der Waals surface area (Å²) in [5, 5.41) is 0. The average Bonchev–Trinajstić information content (AvgIpc) is 3.17. The molecule has 0 radical (unpaired) electrons. The Bertz CT molecular complexity index is 518. The van der Waals surface area contributed by atoms with E-state index in [0.29, 0.717) is 5.92 Å². The van der Waals surface area contributed by atoms with Crippen LogP contribution in [0.15, 0.2) is 31.0 Å². The van der Waals surface area contributed by atoms with E-state index < -0.39 is 0 Å². The highest BCUT2D eigenvalue weighted by atomic mass is 15.2. The summed E-state index contributed by atoms with van der Waals surface area (Å²) >= 11 is 0. The van der Waals surface area contributed by atoms with Crippen molar-refractivity contribution in [2.24, 2.45) is 0 Å². The first kappa shape index (κ1) is 12.1. The van der Waals surface area contributed by atoms with E-state index in [1.54, 1.807) is 0 Å². The summed E-state index contributed by atoms with van der Waals surface area (Å²) in [5.74, 6) is 2.65. The zero-order valence-corrected chi connectivity index (χ0v) is 11.2. The molecule has 100 valence electrons. The van der Waals surface area contributed by atoms with E-state index >= 15 is 0 Å². The summed E-state index contributed by atoms with van der Waals surface area (Å²) in [6.45, 7) is 1.98. The first-order valence-electron chi connectivity index (χ1n) is 6.83. The predicted molar refractivity (Wildman–Crippen MR) is 74.1 cm³/mol. The smallest absolute Gasteiger partial charge is 0.133 e. The minimum absolute atomic E-state index is 0.610. The Balaban J connectivity index is 1.54. The van der Waals surface area contributed by atoms with E-state index in [2.05, 4.69) is 31.5 Å². The van der Waals surface area contributed by atoms with Gasteiger partial charge in [-0.3, -0.25) is 0 Å². The Labute approximate surface area is 113 Å². The van der Waals surface area contributed by atoms with E-state index in [1.165, 1.54) is 12.8 Å². The van der Waals surface area contributed by atoms with Crippen LogP contribution in [-0.4, -0.2) is 33.1 Å². The summed E-state index contributed by atoms with van der Waals surface area (Å²) < 4.78 is 2.10. The lowest BCUT2D eigenvalue weighted by Crippen LogP contribution is -2.21. The molecule has 0 aliphatic heterocycles.